The summed E-state index contributed by atoms with van der Waals surface area (Å²) in [5.74, 6) is -2.57. The summed E-state index contributed by atoms with van der Waals surface area (Å²) >= 11 is 0. The fourth-order valence-corrected chi connectivity index (χ4v) is 6.36. The number of aliphatic hydroxyl groups is 4. The first-order valence-electron chi connectivity index (χ1n) is 11.4. The van der Waals surface area contributed by atoms with Gasteiger partial charge in [-0.05, 0) is 31.8 Å². The van der Waals surface area contributed by atoms with Gasteiger partial charge in [-0.15, -0.1) is 0 Å². The summed E-state index contributed by atoms with van der Waals surface area (Å²) in [5.41, 5.74) is -4.93. The summed E-state index contributed by atoms with van der Waals surface area (Å²) in [6.45, 7) is 11.3. The van der Waals surface area contributed by atoms with Gasteiger partial charge in [-0.3, -0.25) is 9.59 Å². The van der Waals surface area contributed by atoms with Crippen molar-refractivity contribution >= 4 is 11.8 Å². The topological polar surface area (TPSA) is 134 Å². The van der Waals surface area contributed by atoms with E-state index in [0.717, 1.165) is 0 Å². The van der Waals surface area contributed by atoms with E-state index < -0.39 is 64.1 Å². The predicted octanol–water partition coefficient (Wildman–Crippen LogP) is 1.13. The van der Waals surface area contributed by atoms with Gasteiger partial charge in [-0.1, -0.05) is 33.8 Å². The Balaban J connectivity index is 0.00000289. The van der Waals surface area contributed by atoms with Crippen LogP contribution in [-0.2, 0) is 19.1 Å². The smallest absolute Gasteiger partial charge is 0.303 e. The molecule has 188 valence electrons. The van der Waals surface area contributed by atoms with Crippen LogP contribution in [0.2, 0.25) is 0 Å². The Hall–Kier alpha value is 1.56. The Morgan fingerprint density at radius 3 is 2.21 bits per heavy atom. The Kier molecular flexibility index (Phi) is 11.2. The summed E-state index contributed by atoms with van der Waals surface area (Å²) in [4.78, 5) is 25.7. The maximum Gasteiger partial charge on any atom is 0.303 e. The van der Waals surface area contributed by atoms with Crippen molar-refractivity contribution < 1.29 is 128 Å². The van der Waals surface area contributed by atoms with Gasteiger partial charge in [0.1, 0.15) is 23.4 Å². The Bertz CT molecular complexity index is 830. The van der Waals surface area contributed by atoms with Gasteiger partial charge in [0.25, 0.3) is 0 Å². The van der Waals surface area contributed by atoms with Gasteiger partial charge < -0.3 is 29.9 Å². The minimum absolute atomic E-state index is 0. The number of Topliss-reactive ketones (excluding diaryl/α,β-unsaturated/α-hetero) is 1. The third-order valence-corrected chi connectivity index (χ3v) is 8.56. The largest absolute Gasteiger partial charge is 0.459 e. The van der Waals surface area contributed by atoms with Gasteiger partial charge in [-0.2, -0.15) is 0 Å². The molecule has 1 aliphatic heterocycles. The molecule has 3 aliphatic rings. The van der Waals surface area contributed by atoms with Crippen molar-refractivity contribution in [2.75, 3.05) is 6.61 Å². The Morgan fingerprint density at radius 2 is 1.76 bits per heavy atom. The van der Waals surface area contributed by atoms with E-state index in [-0.39, 0.29) is 107 Å². The van der Waals surface area contributed by atoms with E-state index in [9.17, 15) is 30.0 Å². The quantitative estimate of drug-likeness (QED) is 0.239. The predicted molar refractivity (Wildman–Crippen MR) is 115 cm³/mol. The monoisotopic (exact) mass is 908 g/mol. The van der Waals surface area contributed by atoms with Crippen LogP contribution >= 0.6 is 0 Å². The van der Waals surface area contributed by atoms with Crippen molar-refractivity contribution in [3.63, 3.8) is 0 Å². The van der Waals surface area contributed by atoms with E-state index in [0.29, 0.717) is 12.0 Å². The zero-order valence-corrected chi connectivity index (χ0v) is 30.7. The van der Waals surface area contributed by atoms with Crippen LogP contribution in [0.15, 0.2) is 11.6 Å². The molecule has 2 fully saturated rings. The summed E-state index contributed by atoms with van der Waals surface area (Å²) in [5, 5.41) is 44.8. The third kappa shape index (κ3) is 5.22. The third-order valence-electron chi connectivity index (χ3n) is 8.56. The van der Waals surface area contributed by atoms with E-state index in [4.69, 9.17) is 9.47 Å². The molecule has 2 aliphatic carbocycles. The Labute approximate surface area is 273 Å². The maximum atomic E-state index is 13.4. The number of ether oxygens (including phenoxy) is 2. The van der Waals surface area contributed by atoms with Crippen molar-refractivity contribution in [1.82, 2.24) is 0 Å². The first kappa shape index (κ1) is 33.6. The number of fused-ring (bicyclic) bond motifs is 1. The van der Waals surface area contributed by atoms with E-state index in [1.54, 1.807) is 33.8 Å². The number of rotatable bonds is 5. The summed E-state index contributed by atoms with van der Waals surface area (Å²) < 4.78 is 11.4. The molecule has 1 unspecified atom stereocenters. The molecule has 1 heterocycles. The number of carbonyl (C=O) groups is 2. The van der Waals surface area contributed by atoms with Crippen LogP contribution in [0.25, 0.3) is 0 Å². The fraction of sp³-hybridized carbons (Fsp3) is 0.833. The van der Waals surface area contributed by atoms with Crippen molar-refractivity contribution in [2.45, 2.75) is 96.9 Å². The molecule has 0 aromatic heterocycles. The molecule has 1 saturated carbocycles. The van der Waals surface area contributed by atoms with Crippen LogP contribution in [0.4, 0.5) is 0 Å². The van der Waals surface area contributed by atoms with Gasteiger partial charge in [0.05, 0.1) is 18.8 Å². The van der Waals surface area contributed by atoms with Crippen molar-refractivity contribution in [1.29, 1.82) is 0 Å². The zero-order valence-electron chi connectivity index (χ0n) is 21.2. The number of hydrogen-bond acceptors (Lipinski definition) is 8. The van der Waals surface area contributed by atoms with Crippen LogP contribution in [0.3, 0.4) is 0 Å². The molecule has 0 aromatic carbocycles. The van der Waals surface area contributed by atoms with Gasteiger partial charge in [0.15, 0.2) is 5.78 Å². The molecule has 0 aromatic rings. The molecule has 4 N–H and O–H groups in total. The summed E-state index contributed by atoms with van der Waals surface area (Å²) in [6, 6.07) is 0. The molecule has 0 spiro atoms. The van der Waals surface area contributed by atoms with Crippen molar-refractivity contribution in [3.8, 4) is 0 Å². The molecular weight excluding hydrogens is 870 g/mol. The second-order valence-corrected chi connectivity index (χ2v) is 11.0. The molecule has 8 nitrogen and oxygen atoms in total. The second kappa shape index (κ2) is 11.4. The van der Waals surface area contributed by atoms with E-state index in [1.807, 2.05) is 6.92 Å². The van der Waals surface area contributed by atoms with Crippen LogP contribution in [0, 0.1) is 111 Å². The number of carbonyl (C=O) groups excluding carboxylic acids is 2. The number of hydrogen-bond donors (Lipinski definition) is 4. The van der Waals surface area contributed by atoms with E-state index in [2.05, 4.69) is 0 Å². The SMILES string of the molecule is CC(=O)O[C@@H](C1[C@]2(O)CO[C@@H]2C[C@H](C)[C@@]1(C)C(=O)[C@@H](C)O)[C@]1(O)C[C@H](O)C(C)=CC1(C)C.[Ac].[Ac]. The molecule has 3 rings (SSSR count). The number of ketones is 1. The second-order valence-electron chi connectivity index (χ2n) is 11.0. The molecular formula is C24H38Ac2O8. The van der Waals surface area contributed by atoms with Crippen LogP contribution in [0.5, 0.6) is 0 Å². The zero-order chi connectivity index (χ0) is 24.4. The van der Waals surface area contributed by atoms with E-state index in [1.165, 1.54) is 13.8 Å². The van der Waals surface area contributed by atoms with Crippen LogP contribution < -0.4 is 0 Å². The van der Waals surface area contributed by atoms with Crippen molar-refractivity contribution in [3.05, 3.63) is 11.6 Å². The molecule has 34 heavy (non-hydrogen) atoms. The summed E-state index contributed by atoms with van der Waals surface area (Å²) in [6.07, 6.45) is -2.21. The normalized spacial score (nSPS) is 42.4. The average molecular weight is 909 g/mol. The molecule has 1 saturated heterocycles. The van der Waals surface area contributed by atoms with Gasteiger partial charge >= 0.3 is 5.97 Å². The minimum atomic E-state index is -1.80. The number of aliphatic hydroxyl groups excluding tert-OH is 2. The maximum absolute atomic E-state index is 13.4. The minimum Gasteiger partial charge on any atom is -0.459 e. The van der Waals surface area contributed by atoms with Gasteiger partial charge in [0, 0.05) is 118 Å². The molecule has 2 radical (unpaired) electrons. The first-order chi connectivity index (χ1) is 14.5. The average Bonchev–Trinajstić information content (AvgIpc) is 2.66. The molecule has 9 atom stereocenters. The van der Waals surface area contributed by atoms with Crippen LogP contribution in [0.1, 0.15) is 61.3 Å². The van der Waals surface area contributed by atoms with E-state index >= 15 is 0 Å². The molecule has 10 heteroatoms. The van der Waals surface area contributed by atoms with Gasteiger partial charge in [0.2, 0.25) is 0 Å². The summed E-state index contributed by atoms with van der Waals surface area (Å²) in [7, 11) is 0. The van der Waals surface area contributed by atoms with Gasteiger partial charge in [-0.25, -0.2) is 0 Å². The van der Waals surface area contributed by atoms with Crippen LogP contribution in [-0.4, -0.2) is 74.4 Å². The molecule has 0 amide bonds. The van der Waals surface area contributed by atoms with Crippen molar-refractivity contribution in [2.24, 2.45) is 22.7 Å². The standard InChI is InChI=1S/C24H38O8.2Ac/c1-12-9-21(5,6)24(30,10-16(12)27)20(32-15(4)26)18-22(7,19(28)14(3)25)13(2)8-17-23(18,29)11-31-17;;/h9,13-14,16-18,20,25,27,29-30H,8,10-11H2,1-7H3;;/t13-,14+,16-,17+,18?,20-,22+,23-,24+;;/m0../s1. The fourth-order valence-electron chi connectivity index (χ4n) is 6.36. The number of esters is 1. The Morgan fingerprint density at radius 1 is 1.21 bits per heavy atom. The molecule has 0 bridgehead atoms. The first-order valence-corrected chi connectivity index (χ1v) is 11.4.